The highest BCUT2D eigenvalue weighted by atomic mass is 32.1. The second-order valence-corrected chi connectivity index (χ2v) is 5.00. The average molecular weight is 210 g/mol. The van der Waals surface area contributed by atoms with Crippen LogP contribution in [-0.4, -0.2) is 12.1 Å². The van der Waals surface area contributed by atoms with Crippen LogP contribution in [0.1, 0.15) is 37.8 Å². The largest absolute Gasteiger partial charge is 0.328 e. The highest BCUT2D eigenvalue weighted by Gasteiger charge is 2.22. The molecule has 1 saturated carbocycles. The van der Waals surface area contributed by atoms with Crippen molar-refractivity contribution in [1.29, 1.82) is 0 Å². The fourth-order valence-electron chi connectivity index (χ4n) is 2.14. The van der Waals surface area contributed by atoms with E-state index in [9.17, 15) is 0 Å². The molecule has 0 amide bonds. The smallest absolute Gasteiger partial charge is 0.0302 e. The Morgan fingerprint density at radius 2 is 2.43 bits per heavy atom. The van der Waals surface area contributed by atoms with Crippen LogP contribution in [0.25, 0.3) is 0 Å². The molecule has 0 spiro atoms. The van der Waals surface area contributed by atoms with Crippen molar-refractivity contribution in [2.45, 2.75) is 44.3 Å². The fraction of sp³-hybridized carbons (Fsp3) is 0.636. The van der Waals surface area contributed by atoms with E-state index in [0.29, 0.717) is 18.1 Å². The van der Waals surface area contributed by atoms with Crippen LogP contribution in [0.2, 0.25) is 0 Å². The van der Waals surface area contributed by atoms with E-state index in [-0.39, 0.29) is 0 Å². The van der Waals surface area contributed by atoms with Crippen molar-refractivity contribution in [2.75, 3.05) is 0 Å². The fourth-order valence-corrected chi connectivity index (χ4v) is 2.89. The minimum Gasteiger partial charge on any atom is -0.328 e. The van der Waals surface area contributed by atoms with Gasteiger partial charge in [0.25, 0.3) is 0 Å². The van der Waals surface area contributed by atoms with Crippen LogP contribution in [0, 0.1) is 0 Å². The zero-order valence-electron chi connectivity index (χ0n) is 8.57. The lowest BCUT2D eigenvalue weighted by Crippen LogP contribution is -2.30. The normalized spacial score (nSPS) is 29.3. The molecule has 0 saturated heterocycles. The minimum absolute atomic E-state index is 0.419. The van der Waals surface area contributed by atoms with Crippen LogP contribution in [0.15, 0.2) is 16.8 Å². The van der Waals surface area contributed by atoms with Crippen LogP contribution in [0.3, 0.4) is 0 Å². The SMILES string of the molecule is CC(NC1CCC(N)C1)c1ccsc1. The molecule has 0 bridgehead atoms. The van der Waals surface area contributed by atoms with Gasteiger partial charge in [0.2, 0.25) is 0 Å². The summed E-state index contributed by atoms with van der Waals surface area (Å²) >= 11 is 1.76. The summed E-state index contributed by atoms with van der Waals surface area (Å²) in [4.78, 5) is 0. The standard InChI is InChI=1S/C11H18N2S/c1-8(9-4-5-14-7-9)13-11-3-2-10(12)6-11/h4-5,7-8,10-11,13H,2-3,6,12H2,1H3. The van der Waals surface area contributed by atoms with E-state index in [2.05, 4.69) is 29.1 Å². The summed E-state index contributed by atoms with van der Waals surface area (Å²) in [6, 6.07) is 3.70. The molecular formula is C11H18N2S. The summed E-state index contributed by atoms with van der Waals surface area (Å²) in [5, 5.41) is 7.99. The molecule has 1 aliphatic carbocycles. The molecule has 0 aromatic carbocycles. The average Bonchev–Trinajstić information content (AvgIpc) is 2.75. The molecule has 0 radical (unpaired) electrons. The van der Waals surface area contributed by atoms with Gasteiger partial charge in [0.15, 0.2) is 0 Å². The van der Waals surface area contributed by atoms with E-state index in [4.69, 9.17) is 5.73 Å². The third kappa shape index (κ3) is 2.35. The topological polar surface area (TPSA) is 38.0 Å². The summed E-state index contributed by atoms with van der Waals surface area (Å²) < 4.78 is 0. The molecule has 1 aromatic heterocycles. The highest BCUT2D eigenvalue weighted by molar-refractivity contribution is 7.07. The Balaban J connectivity index is 1.86. The summed E-state index contributed by atoms with van der Waals surface area (Å²) in [7, 11) is 0. The lowest BCUT2D eigenvalue weighted by Gasteiger charge is -2.18. The van der Waals surface area contributed by atoms with E-state index < -0.39 is 0 Å². The van der Waals surface area contributed by atoms with Gasteiger partial charge in [0, 0.05) is 18.1 Å². The zero-order chi connectivity index (χ0) is 9.97. The summed E-state index contributed by atoms with van der Waals surface area (Å²) in [6.45, 7) is 2.23. The first-order chi connectivity index (χ1) is 6.75. The molecule has 78 valence electrons. The van der Waals surface area contributed by atoms with Crippen LogP contribution in [-0.2, 0) is 0 Å². The van der Waals surface area contributed by atoms with Crippen LogP contribution >= 0.6 is 11.3 Å². The molecule has 3 heteroatoms. The predicted molar refractivity (Wildman–Crippen MR) is 61.5 cm³/mol. The van der Waals surface area contributed by atoms with Crippen LogP contribution in [0.5, 0.6) is 0 Å². The van der Waals surface area contributed by atoms with Gasteiger partial charge in [-0.2, -0.15) is 11.3 Å². The number of rotatable bonds is 3. The third-order valence-electron chi connectivity index (χ3n) is 3.00. The van der Waals surface area contributed by atoms with Gasteiger partial charge in [-0.25, -0.2) is 0 Å². The van der Waals surface area contributed by atoms with Gasteiger partial charge >= 0.3 is 0 Å². The second kappa shape index (κ2) is 4.43. The molecule has 1 aliphatic rings. The van der Waals surface area contributed by atoms with Crippen molar-refractivity contribution in [3.8, 4) is 0 Å². The lowest BCUT2D eigenvalue weighted by atomic mass is 10.1. The maximum absolute atomic E-state index is 5.88. The second-order valence-electron chi connectivity index (χ2n) is 4.22. The number of hydrogen-bond acceptors (Lipinski definition) is 3. The Hall–Kier alpha value is -0.380. The Morgan fingerprint density at radius 3 is 3.00 bits per heavy atom. The summed E-state index contributed by atoms with van der Waals surface area (Å²) in [5.41, 5.74) is 7.28. The van der Waals surface area contributed by atoms with Crippen LogP contribution in [0.4, 0.5) is 0 Å². The van der Waals surface area contributed by atoms with Gasteiger partial charge < -0.3 is 11.1 Å². The molecular weight excluding hydrogens is 192 g/mol. The Morgan fingerprint density at radius 1 is 1.57 bits per heavy atom. The number of nitrogens with one attached hydrogen (secondary N) is 1. The third-order valence-corrected chi connectivity index (χ3v) is 3.70. The van der Waals surface area contributed by atoms with Crippen molar-refractivity contribution in [2.24, 2.45) is 5.73 Å². The maximum Gasteiger partial charge on any atom is 0.0302 e. The number of hydrogen-bond donors (Lipinski definition) is 2. The van der Waals surface area contributed by atoms with E-state index >= 15 is 0 Å². The van der Waals surface area contributed by atoms with E-state index in [0.717, 1.165) is 6.42 Å². The van der Waals surface area contributed by atoms with Crippen molar-refractivity contribution >= 4 is 11.3 Å². The molecule has 2 rings (SSSR count). The lowest BCUT2D eigenvalue weighted by molar-refractivity contribution is 0.457. The van der Waals surface area contributed by atoms with Gasteiger partial charge in [-0.3, -0.25) is 0 Å². The Bertz CT molecular complexity index is 271. The molecule has 3 N–H and O–H groups in total. The molecule has 14 heavy (non-hydrogen) atoms. The molecule has 0 aliphatic heterocycles. The van der Waals surface area contributed by atoms with E-state index in [1.165, 1.54) is 18.4 Å². The van der Waals surface area contributed by atoms with E-state index in [1.54, 1.807) is 11.3 Å². The van der Waals surface area contributed by atoms with Crippen molar-refractivity contribution in [3.63, 3.8) is 0 Å². The molecule has 1 heterocycles. The van der Waals surface area contributed by atoms with Crippen LogP contribution < -0.4 is 11.1 Å². The van der Waals surface area contributed by atoms with Gasteiger partial charge in [-0.15, -0.1) is 0 Å². The maximum atomic E-state index is 5.88. The zero-order valence-corrected chi connectivity index (χ0v) is 9.39. The number of nitrogens with two attached hydrogens (primary N) is 1. The van der Waals surface area contributed by atoms with Crippen molar-refractivity contribution < 1.29 is 0 Å². The van der Waals surface area contributed by atoms with Gasteiger partial charge in [0.1, 0.15) is 0 Å². The first-order valence-electron chi connectivity index (χ1n) is 5.29. The molecule has 1 fully saturated rings. The number of thiophene rings is 1. The highest BCUT2D eigenvalue weighted by Crippen LogP contribution is 2.22. The van der Waals surface area contributed by atoms with Gasteiger partial charge in [-0.1, -0.05) is 0 Å². The summed E-state index contributed by atoms with van der Waals surface area (Å²) in [5.74, 6) is 0. The first kappa shape index (κ1) is 10.1. The minimum atomic E-state index is 0.419. The Kier molecular flexibility index (Phi) is 3.21. The molecule has 2 nitrogen and oxygen atoms in total. The summed E-state index contributed by atoms with van der Waals surface area (Å²) in [6.07, 6.45) is 3.54. The Labute approximate surface area is 89.5 Å². The first-order valence-corrected chi connectivity index (χ1v) is 6.23. The van der Waals surface area contributed by atoms with Crippen molar-refractivity contribution in [1.82, 2.24) is 5.32 Å². The molecule has 3 atom stereocenters. The molecule has 3 unspecified atom stereocenters. The van der Waals surface area contributed by atoms with Gasteiger partial charge in [-0.05, 0) is 48.6 Å². The molecule has 1 aromatic rings. The quantitative estimate of drug-likeness (QED) is 0.803. The van der Waals surface area contributed by atoms with Gasteiger partial charge in [0.05, 0.1) is 0 Å². The monoisotopic (exact) mass is 210 g/mol. The van der Waals surface area contributed by atoms with Crippen molar-refractivity contribution in [3.05, 3.63) is 22.4 Å². The van der Waals surface area contributed by atoms with E-state index in [1.807, 2.05) is 0 Å². The predicted octanol–water partition coefficient (Wildman–Crippen LogP) is 2.28.